The van der Waals surface area contributed by atoms with E-state index < -0.39 is 0 Å². The molecule has 1 heterocycles. The summed E-state index contributed by atoms with van der Waals surface area (Å²) in [7, 11) is 2.11. The van der Waals surface area contributed by atoms with Crippen LogP contribution in [0.15, 0.2) is 24.3 Å². The van der Waals surface area contributed by atoms with E-state index in [0.29, 0.717) is 0 Å². The zero-order valence-corrected chi connectivity index (χ0v) is 15.2. The zero-order valence-electron chi connectivity index (χ0n) is 13.6. The summed E-state index contributed by atoms with van der Waals surface area (Å²) in [6.07, 6.45) is 3.96. The molecule has 1 aliphatic carbocycles. The third-order valence-electron chi connectivity index (χ3n) is 4.76. The van der Waals surface area contributed by atoms with Crippen LogP contribution in [0.2, 0.25) is 0 Å². The number of nitrogens with two attached hydrogens (primary N) is 1. The van der Waals surface area contributed by atoms with Crippen molar-refractivity contribution in [2.24, 2.45) is 11.7 Å². The van der Waals surface area contributed by atoms with Crippen molar-refractivity contribution >= 4 is 36.4 Å². The van der Waals surface area contributed by atoms with Crippen LogP contribution in [0.5, 0.6) is 0 Å². The van der Waals surface area contributed by atoms with Gasteiger partial charge in [0.15, 0.2) is 0 Å². The molecule has 130 valence electrons. The predicted octanol–water partition coefficient (Wildman–Crippen LogP) is 2.83. The van der Waals surface area contributed by atoms with Crippen molar-refractivity contribution in [1.29, 1.82) is 0 Å². The summed E-state index contributed by atoms with van der Waals surface area (Å²) >= 11 is 0. The molecule has 4 nitrogen and oxygen atoms in total. The topological polar surface area (TPSA) is 49.6 Å². The number of likely N-dealkylation sites (N-methyl/N-ethyl adjacent to an activating group) is 1. The van der Waals surface area contributed by atoms with Crippen molar-refractivity contribution < 1.29 is 4.79 Å². The second-order valence-corrected chi connectivity index (χ2v) is 6.48. The summed E-state index contributed by atoms with van der Waals surface area (Å²) in [4.78, 5) is 17.3. The number of benzene rings is 1. The lowest BCUT2D eigenvalue weighted by Crippen LogP contribution is -2.42. The fraction of sp³-hybridized carbons (Fsp3) is 0.588. The molecule has 2 N–H and O–H groups in total. The molecule has 2 unspecified atom stereocenters. The van der Waals surface area contributed by atoms with Crippen molar-refractivity contribution in [2.75, 3.05) is 25.0 Å². The molecule has 1 aromatic rings. The normalized spacial score (nSPS) is 24.7. The van der Waals surface area contributed by atoms with E-state index in [2.05, 4.69) is 30.1 Å². The molecular formula is C17H27Cl2N3O. The number of anilines is 1. The molecule has 0 spiro atoms. The Kier molecular flexibility index (Phi) is 7.81. The highest BCUT2D eigenvalue weighted by Gasteiger charge is 2.31. The summed E-state index contributed by atoms with van der Waals surface area (Å²) in [6.45, 7) is 2.60. The smallest absolute Gasteiger partial charge is 0.230 e. The Morgan fingerprint density at radius 2 is 1.91 bits per heavy atom. The van der Waals surface area contributed by atoms with E-state index in [0.717, 1.165) is 51.0 Å². The van der Waals surface area contributed by atoms with Crippen molar-refractivity contribution in [2.45, 2.75) is 38.3 Å². The number of carbonyl (C=O) groups is 1. The maximum absolute atomic E-state index is 13.0. The minimum Gasteiger partial charge on any atom is -0.328 e. The average molecular weight is 360 g/mol. The number of nitrogens with zero attached hydrogens (tertiary/aromatic N) is 2. The molecule has 1 amide bonds. The van der Waals surface area contributed by atoms with Gasteiger partial charge in [-0.25, -0.2) is 0 Å². The summed E-state index contributed by atoms with van der Waals surface area (Å²) < 4.78 is 0. The standard InChI is InChI=1S/C17H25N3O.2ClH/c1-19-9-10-20(16-8-3-2-5-14(16)12-19)17(21)13-6-4-7-15(18)11-13;;/h2-3,5,8,13,15H,4,6-7,9-12,18H2,1H3;2*1H. The summed E-state index contributed by atoms with van der Waals surface area (Å²) in [5, 5.41) is 0. The molecule has 1 fully saturated rings. The number of hydrogen-bond acceptors (Lipinski definition) is 3. The molecular weight excluding hydrogens is 333 g/mol. The Labute approximate surface area is 151 Å². The Morgan fingerprint density at radius 1 is 1.17 bits per heavy atom. The van der Waals surface area contributed by atoms with Gasteiger partial charge in [0.1, 0.15) is 0 Å². The third kappa shape index (κ3) is 4.60. The summed E-state index contributed by atoms with van der Waals surface area (Å²) in [5.74, 6) is 0.373. The van der Waals surface area contributed by atoms with Crippen LogP contribution in [-0.4, -0.2) is 37.0 Å². The van der Waals surface area contributed by atoms with Crippen molar-refractivity contribution in [3.63, 3.8) is 0 Å². The van der Waals surface area contributed by atoms with Gasteiger partial charge in [-0.1, -0.05) is 24.6 Å². The number of rotatable bonds is 1. The predicted molar refractivity (Wildman–Crippen MR) is 99.6 cm³/mol. The second-order valence-electron chi connectivity index (χ2n) is 6.48. The first-order chi connectivity index (χ1) is 10.1. The first-order valence-corrected chi connectivity index (χ1v) is 7.98. The summed E-state index contributed by atoms with van der Waals surface area (Å²) in [6, 6.07) is 8.48. The number of hydrogen-bond donors (Lipinski definition) is 1. The monoisotopic (exact) mass is 359 g/mol. The fourth-order valence-electron chi connectivity index (χ4n) is 3.57. The minimum atomic E-state index is 0. The van der Waals surface area contributed by atoms with Crippen LogP contribution >= 0.6 is 24.8 Å². The second kappa shape index (κ2) is 8.88. The van der Waals surface area contributed by atoms with E-state index in [1.165, 1.54) is 5.56 Å². The SMILES string of the molecule is CN1CCN(C(=O)C2CCCC(N)C2)c2ccccc2C1.Cl.Cl. The minimum absolute atomic E-state index is 0. The molecule has 2 atom stereocenters. The molecule has 0 saturated heterocycles. The lowest BCUT2D eigenvalue weighted by Gasteiger charge is -2.31. The van der Waals surface area contributed by atoms with Crippen LogP contribution in [0.1, 0.15) is 31.2 Å². The maximum atomic E-state index is 13.0. The highest BCUT2D eigenvalue weighted by Crippen LogP contribution is 2.30. The van der Waals surface area contributed by atoms with E-state index >= 15 is 0 Å². The Balaban J connectivity index is 0.00000132. The van der Waals surface area contributed by atoms with E-state index in [9.17, 15) is 4.79 Å². The van der Waals surface area contributed by atoms with Gasteiger partial charge in [-0.15, -0.1) is 24.8 Å². The third-order valence-corrected chi connectivity index (χ3v) is 4.76. The van der Waals surface area contributed by atoms with Gasteiger partial charge < -0.3 is 15.5 Å². The molecule has 0 bridgehead atoms. The van der Waals surface area contributed by atoms with Crippen LogP contribution in [0.25, 0.3) is 0 Å². The highest BCUT2D eigenvalue weighted by molar-refractivity contribution is 5.96. The number of fused-ring (bicyclic) bond motifs is 1. The number of halogens is 2. The van der Waals surface area contributed by atoms with Crippen molar-refractivity contribution in [3.8, 4) is 0 Å². The zero-order chi connectivity index (χ0) is 14.8. The molecule has 1 saturated carbocycles. The highest BCUT2D eigenvalue weighted by atomic mass is 35.5. The Bertz CT molecular complexity index is 526. The quantitative estimate of drug-likeness (QED) is 0.838. The van der Waals surface area contributed by atoms with Crippen LogP contribution in [0.3, 0.4) is 0 Å². The van der Waals surface area contributed by atoms with Gasteiger partial charge in [-0.2, -0.15) is 0 Å². The largest absolute Gasteiger partial charge is 0.328 e. The molecule has 2 aliphatic rings. The molecule has 3 rings (SSSR count). The summed E-state index contributed by atoms with van der Waals surface area (Å²) in [5.41, 5.74) is 8.39. The Hall–Kier alpha value is -0.810. The van der Waals surface area contributed by atoms with Gasteiger partial charge in [0.2, 0.25) is 5.91 Å². The molecule has 1 aromatic carbocycles. The van der Waals surface area contributed by atoms with Crippen LogP contribution in [0, 0.1) is 5.92 Å². The van der Waals surface area contributed by atoms with E-state index in [1.807, 2.05) is 11.0 Å². The van der Waals surface area contributed by atoms with Gasteiger partial charge >= 0.3 is 0 Å². The van der Waals surface area contributed by atoms with Gasteiger partial charge in [0.05, 0.1) is 0 Å². The molecule has 6 heteroatoms. The van der Waals surface area contributed by atoms with E-state index in [4.69, 9.17) is 5.73 Å². The number of amides is 1. The van der Waals surface area contributed by atoms with Gasteiger partial charge in [-0.3, -0.25) is 4.79 Å². The Morgan fingerprint density at radius 3 is 2.65 bits per heavy atom. The lowest BCUT2D eigenvalue weighted by atomic mass is 9.85. The van der Waals surface area contributed by atoms with Gasteiger partial charge in [0, 0.05) is 37.3 Å². The molecule has 1 aliphatic heterocycles. The molecule has 0 aromatic heterocycles. The fourth-order valence-corrected chi connectivity index (χ4v) is 3.57. The number of para-hydroxylation sites is 1. The first kappa shape index (κ1) is 20.2. The van der Waals surface area contributed by atoms with Crippen LogP contribution in [0.4, 0.5) is 5.69 Å². The first-order valence-electron chi connectivity index (χ1n) is 7.98. The van der Waals surface area contributed by atoms with Crippen LogP contribution in [-0.2, 0) is 11.3 Å². The van der Waals surface area contributed by atoms with Crippen molar-refractivity contribution in [3.05, 3.63) is 29.8 Å². The van der Waals surface area contributed by atoms with E-state index in [-0.39, 0.29) is 42.7 Å². The molecule has 0 radical (unpaired) electrons. The lowest BCUT2D eigenvalue weighted by molar-refractivity contribution is -0.123. The molecule has 23 heavy (non-hydrogen) atoms. The number of carbonyl (C=O) groups excluding carboxylic acids is 1. The van der Waals surface area contributed by atoms with Crippen molar-refractivity contribution in [1.82, 2.24) is 4.90 Å². The van der Waals surface area contributed by atoms with E-state index in [1.54, 1.807) is 0 Å². The average Bonchev–Trinajstić information content (AvgIpc) is 2.65. The van der Waals surface area contributed by atoms with Crippen LogP contribution < -0.4 is 10.6 Å². The maximum Gasteiger partial charge on any atom is 0.230 e. The van der Waals surface area contributed by atoms with Gasteiger partial charge in [-0.05, 0) is 37.9 Å². The van der Waals surface area contributed by atoms with Gasteiger partial charge in [0.25, 0.3) is 0 Å².